The van der Waals surface area contributed by atoms with E-state index >= 15 is 0 Å². The third-order valence-corrected chi connectivity index (χ3v) is 5.55. The third-order valence-electron chi connectivity index (χ3n) is 5.55. The van der Waals surface area contributed by atoms with Gasteiger partial charge in [-0.1, -0.05) is 48.5 Å². The predicted octanol–water partition coefficient (Wildman–Crippen LogP) is 5.71. The Hall–Kier alpha value is -3.53. The van der Waals surface area contributed by atoms with Gasteiger partial charge in [0.1, 0.15) is 5.75 Å². The SMILES string of the molecule is Oc1cccc(-c2cc3c(C=Cc4ccccc4)n[nH]c3cc2N2CCCC2)c1. The Labute approximate surface area is 170 Å². The van der Waals surface area contributed by atoms with Crippen LogP contribution in [0.25, 0.3) is 34.2 Å². The van der Waals surface area contributed by atoms with E-state index in [1.54, 1.807) is 6.07 Å². The molecule has 4 nitrogen and oxygen atoms in total. The molecule has 3 aromatic carbocycles. The molecule has 0 radical (unpaired) electrons. The van der Waals surface area contributed by atoms with Gasteiger partial charge in [-0.3, -0.25) is 5.10 Å². The minimum Gasteiger partial charge on any atom is -0.508 e. The van der Waals surface area contributed by atoms with Crippen molar-refractivity contribution in [3.8, 4) is 16.9 Å². The first-order valence-corrected chi connectivity index (χ1v) is 10.1. The average molecular weight is 381 g/mol. The van der Waals surface area contributed by atoms with Gasteiger partial charge in [0.15, 0.2) is 0 Å². The molecule has 29 heavy (non-hydrogen) atoms. The molecule has 144 valence electrons. The summed E-state index contributed by atoms with van der Waals surface area (Å²) in [4.78, 5) is 2.43. The molecular weight excluding hydrogens is 358 g/mol. The molecule has 1 saturated heterocycles. The highest BCUT2D eigenvalue weighted by Gasteiger charge is 2.19. The maximum absolute atomic E-state index is 10.0. The summed E-state index contributed by atoms with van der Waals surface area (Å²) in [5.41, 5.74) is 6.44. The quantitative estimate of drug-likeness (QED) is 0.476. The number of aromatic amines is 1. The van der Waals surface area contributed by atoms with Gasteiger partial charge in [-0.2, -0.15) is 5.10 Å². The minimum atomic E-state index is 0.284. The first-order chi connectivity index (χ1) is 14.3. The van der Waals surface area contributed by atoms with Crippen LogP contribution in [-0.4, -0.2) is 28.4 Å². The Kier molecular flexibility index (Phi) is 4.53. The van der Waals surface area contributed by atoms with E-state index in [0.717, 1.165) is 46.4 Å². The number of benzene rings is 3. The number of phenols is 1. The normalized spacial score (nSPS) is 14.3. The summed E-state index contributed by atoms with van der Waals surface area (Å²) in [6.45, 7) is 2.12. The van der Waals surface area contributed by atoms with Crippen LogP contribution in [0.2, 0.25) is 0 Å². The summed E-state index contributed by atoms with van der Waals surface area (Å²) >= 11 is 0. The van der Waals surface area contributed by atoms with Gasteiger partial charge in [-0.15, -0.1) is 0 Å². The number of rotatable bonds is 4. The molecule has 0 atom stereocenters. The van der Waals surface area contributed by atoms with Crippen molar-refractivity contribution in [3.63, 3.8) is 0 Å². The lowest BCUT2D eigenvalue weighted by Gasteiger charge is -2.22. The number of hydrogen-bond acceptors (Lipinski definition) is 3. The van der Waals surface area contributed by atoms with Crippen LogP contribution in [0.1, 0.15) is 24.1 Å². The number of anilines is 1. The Balaban J connectivity index is 1.64. The summed E-state index contributed by atoms with van der Waals surface area (Å²) in [7, 11) is 0. The van der Waals surface area contributed by atoms with Gasteiger partial charge < -0.3 is 10.0 Å². The van der Waals surface area contributed by atoms with Gasteiger partial charge in [-0.05, 0) is 54.3 Å². The summed E-state index contributed by atoms with van der Waals surface area (Å²) in [5, 5.41) is 18.9. The lowest BCUT2D eigenvalue weighted by molar-refractivity contribution is 0.475. The largest absolute Gasteiger partial charge is 0.508 e. The number of aromatic nitrogens is 2. The summed E-state index contributed by atoms with van der Waals surface area (Å²) in [5.74, 6) is 0.284. The van der Waals surface area contributed by atoms with Crippen molar-refractivity contribution in [2.75, 3.05) is 18.0 Å². The Morgan fingerprint density at radius 2 is 1.72 bits per heavy atom. The topological polar surface area (TPSA) is 52.2 Å². The van der Waals surface area contributed by atoms with Gasteiger partial charge in [0.05, 0.1) is 11.2 Å². The molecule has 4 aromatic rings. The number of phenolic OH excluding ortho intramolecular Hbond substituents is 1. The average Bonchev–Trinajstić information content (AvgIpc) is 3.42. The molecule has 0 saturated carbocycles. The fourth-order valence-electron chi connectivity index (χ4n) is 4.06. The Morgan fingerprint density at radius 3 is 2.52 bits per heavy atom. The number of hydrogen-bond donors (Lipinski definition) is 2. The summed E-state index contributed by atoms with van der Waals surface area (Å²) in [6.07, 6.45) is 6.56. The van der Waals surface area contributed by atoms with E-state index in [-0.39, 0.29) is 5.75 Å². The van der Waals surface area contributed by atoms with E-state index in [2.05, 4.69) is 57.6 Å². The van der Waals surface area contributed by atoms with Crippen LogP contribution >= 0.6 is 0 Å². The summed E-state index contributed by atoms with van der Waals surface area (Å²) in [6, 6.07) is 22.1. The van der Waals surface area contributed by atoms with E-state index in [1.165, 1.54) is 18.5 Å². The molecule has 0 bridgehead atoms. The van der Waals surface area contributed by atoms with E-state index in [1.807, 2.05) is 30.3 Å². The third kappa shape index (κ3) is 3.49. The molecule has 1 aliphatic heterocycles. The maximum atomic E-state index is 10.0. The van der Waals surface area contributed by atoms with Crippen LogP contribution in [-0.2, 0) is 0 Å². The van der Waals surface area contributed by atoms with E-state index in [0.29, 0.717) is 0 Å². The van der Waals surface area contributed by atoms with Crippen molar-refractivity contribution in [3.05, 3.63) is 78.0 Å². The molecule has 1 aromatic heterocycles. The minimum absolute atomic E-state index is 0.284. The second kappa shape index (κ2) is 7.47. The standard InChI is InChI=1S/C25H23N3O/c29-20-10-6-9-19(15-20)21-16-22-23(12-11-18-7-2-1-3-8-18)26-27-24(22)17-25(21)28-13-4-5-14-28/h1-3,6-12,15-17,29H,4-5,13-14H2,(H,26,27). The molecule has 0 unspecified atom stereocenters. The van der Waals surface area contributed by atoms with Crippen molar-refractivity contribution in [1.29, 1.82) is 0 Å². The number of fused-ring (bicyclic) bond motifs is 1. The highest BCUT2D eigenvalue weighted by molar-refractivity contribution is 5.97. The molecule has 5 rings (SSSR count). The lowest BCUT2D eigenvalue weighted by Crippen LogP contribution is -2.18. The van der Waals surface area contributed by atoms with Crippen LogP contribution in [0.4, 0.5) is 5.69 Å². The fraction of sp³-hybridized carbons (Fsp3) is 0.160. The molecule has 0 aliphatic carbocycles. The maximum Gasteiger partial charge on any atom is 0.116 e. The highest BCUT2D eigenvalue weighted by atomic mass is 16.3. The monoisotopic (exact) mass is 381 g/mol. The molecule has 1 fully saturated rings. The van der Waals surface area contributed by atoms with Crippen molar-refractivity contribution >= 4 is 28.7 Å². The number of nitrogens with zero attached hydrogens (tertiary/aromatic N) is 2. The van der Waals surface area contributed by atoms with Crippen LogP contribution < -0.4 is 4.90 Å². The second-order valence-electron chi connectivity index (χ2n) is 7.51. The molecule has 1 aliphatic rings. The number of nitrogens with one attached hydrogen (secondary N) is 1. The summed E-state index contributed by atoms with van der Waals surface area (Å²) < 4.78 is 0. The van der Waals surface area contributed by atoms with Gasteiger partial charge in [-0.25, -0.2) is 0 Å². The van der Waals surface area contributed by atoms with E-state index in [9.17, 15) is 5.11 Å². The highest BCUT2D eigenvalue weighted by Crippen LogP contribution is 2.38. The van der Waals surface area contributed by atoms with Crippen molar-refractivity contribution in [1.82, 2.24) is 10.2 Å². The number of aromatic hydroxyl groups is 1. The Morgan fingerprint density at radius 1 is 0.897 bits per heavy atom. The van der Waals surface area contributed by atoms with Gasteiger partial charge >= 0.3 is 0 Å². The predicted molar refractivity (Wildman–Crippen MR) is 120 cm³/mol. The van der Waals surface area contributed by atoms with E-state index in [4.69, 9.17) is 0 Å². The zero-order chi connectivity index (χ0) is 19.6. The zero-order valence-corrected chi connectivity index (χ0v) is 16.2. The van der Waals surface area contributed by atoms with Crippen molar-refractivity contribution in [2.24, 2.45) is 0 Å². The molecule has 0 amide bonds. The van der Waals surface area contributed by atoms with Crippen LogP contribution in [0.3, 0.4) is 0 Å². The fourth-order valence-corrected chi connectivity index (χ4v) is 4.06. The molecular formula is C25H23N3O. The first kappa shape index (κ1) is 17.6. The molecule has 0 spiro atoms. The first-order valence-electron chi connectivity index (χ1n) is 10.1. The van der Waals surface area contributed by atoms with Gasteiger partial charge in [0.2, 0.25) is 0 Å². The van der Waals surface area contributed by atoms with Crippen molar-refractivity contribution in [2.45, 2.75) is 12.8 Å². The van der Waals surface area contributed by atoms with Crippen LogP contribution in [0, 0.1) is 0 Å². The molecule has 2 N–H and O–H groups in total. The van der Waals surface area contributed by atoms with Gasteiger partial charge in [0, 0.05) is 29.7 Å². The molecule has 4 heteroatoms. The lowest BCUT2D eigenvalue weighted by atomic mass is 9.99. The zero-order valence-electron chi connectivity index (χ0n) is 16.2. The second-order valence-corrected chi connectivity index (χ2v) is 7.51. The van der Waals surface area contributed by atoms with E-state index < -0.39 is 0 Å². The van der Waals surface area contributed by atoms with Gasteiger partial charge in [0.25, 0.3) is 0 Å². The Bertz CT molecular complexity index is 1170. The van der Waals surface area contributed by atoms with Crippen LogP contribution in [0.5, 0.6) is 5.75 Å². The van der Waals surface area contributed by atoms with Crippen LogP contribution in [0.15, 0.2) is 66.7 Å². The molecule has 2 heterocycles. The van der Waals surface area contributed by atoms with Crippen molar-refractivity contribution < 1.29 is 5.11 Å². The smallest absolute Gasteiger partial charge is 0.116 e. The number of H-pyrrole nitrogens is 1.